The number of aliphatic hydroxyl groups is 1. The standard InChI is InChI=1S/C28H38ClN5O4/c1-28(2,3)38-27(37)31-22-5-4-10-34(19-22)24-17-25(29)30-18-23(24)20-6-8-21(9-7-20)26(36)33-13-11-32(12-14-33)15-16-35/h6-9,17-18,22,35H,4-5,10-16,19H2,1-3H3,(H,31,37)/t22-/m0/s1. The molecule has 4 rings (SSSR count). The van der Waals surface area contributed by atoms with Crippen LogP contribution in [-0.4, -0.2) is 96.0 Å². The van der Waals surface area contributed by atoms with Crippen LogP contribution in [0, 0.1) is 0 Å². The van der Waals surface area contributed by atoms with Crippen molar-refractivity contribution in [2.75, 3.05) is 57.3 Å². The quantitative estimate of drug-likeness (QED) is 0.537. The molecule has 1 atom stereocenters. The lowest BCUT2D eigenvalue weighted by Crippen LogP contribution is -2.49. The molecule has 2 amide bonds. The van der Waals surface area contributed by atoms with Crippen LogP contribution in [0.3, 0.4) is 0 Å². The molecular formula is C28H38ClN5O4. The second-order valence-corrected chi connectivity index (χ2v) is 11.3. The molecule has 0 saturated carbocycles. The van der Waals surface area contributed by atoms with Crippen molar-refractivity contribution in [3.63, 3.8) is 0 Å². The van der Waals surface area contributed by atoms with Gasteiger partial charge in [0.25, 0.3) is 5.91 Å². The van der Waals surface area contributed by atoms with Gasteiger partial charge in [0.1, 0.15) is 10.8 Å². The molecule has 9 nitrogen and oxygen atoms in total. The molecule has 2 saturated heterocycles. The predicted molar refractivity (Wildman–Crippen MR) is 149 cm³/mol. The summed E-state index contributed by atoms with van der Waals surface area (Å²) in [5.41, 5.74) is 2.90. The Morgan fingerprint density at radius 3 is 2.50 bits per heavy atom. The van der Waals surface area contributed by atoms with Gasteiger partial charge in [0.05, 0.1) is 6.61 Å². The summed E-state index contributed by atoms with van der Waals surface area (Å²) in [4.78, 5) is 36.0. The van der Waals surface area contributed by atoms with Crippen LogP contribution in [0.15, 0.2) is 36.5 Å². The number of hydrogen-bond donors (Lipinski definition) is 2. The molecule has 1 aromatic carbocycles. The first-order chi connectivity index (χ1) is 18.1. The van der Waals surface area contributed by atoms with E-state index in [0.29, 0.717) is 36.9 Å². The number of ether oxygens (including phenoxy) is 1. The number of anilines is 1. The number of aliphatic hydroxyl groups excluding tert-OH is 1. The van der Waals surface area contributed by atoms with Crippen LogP contribution in [0.2, 0.25) is 5.15 Å². The van der Waals surface area contributed by atoms with E-state index in [2.05, 4.69) is 20.1 Å². The van der Waals surface area contributed by atoms with Crippen molar-refractivity contribution in [3.8, 4) is 11.1 Å². The summed E-state index contributed by atoms with van der Waals surface area (Å²) in [5.74, 6) is 0.0155. The Hall–Kier alpha value is -2.88. The predicted octanol–water partition coefficient (Wildman–Crippen LogP) is 3.65. The third-order valence-corrected chi connectivity index (χ3v) is 7.06. The Kier molecular flexibility index (Phi) is 9.12. The Balaban J connectivity index is 1.46. The number of nitrogens with zero attached hydrogens (tertiary/aromatic N) is 4. The molecule has 0 aliphatic carbocycles. The first kappa shape index (κ1) is 28.1. The molecular weight excluding hydrogens is 506 g/mol. The van der Waals surface area contributed by atoms with Gasteiger partial charge in [-0.3, -0.25) is 9.69 Å². The van der Waals surface area contributed by atoms with Crippen LogP contribution >= 0.6 is 11.6 Å². The van der Waals surface area contributed by atoms with Gasteiger partial charge in [-0.25, -0.2) is 9.78 Å². The van der Waals surface area contributed by atoms with E-state index in [0.717, 1.165) is 49.3 Å². The van der Waals surface area contributed by atoms with Crippen LogP contribution < -0.4 is 10.2 Å². The number of alkyl carbamates (subject to hydrolysis) is 1. The van der Waals surface area contributed by atoms with Crippen LogP contribution in [0.1, 0.15) is 44.0 Å². The molecule has 0 bridgehead atoms. The van der Waals surface area contributed by atoms with Crippen molar-refractivity contribution in [1.29, 1.82) is 0 Å². The van der Waals surface area contributed by atoms with Gasteiger partial charge in [0, 0.05) is 74.9 Å². The smallest absolute Gasteiger partial charge is 0.407 e. The first-order valence-corrected chi connectivity index (χ1v) is 13.6. The molecule has 1 aromatic heterocycles. The average molecular weight is 544 g/mol. The van der Waals surface area contributed by atoms with Crippen molar-refractivity contribution in [1.82, 2.24) is 20.1 Å². The number of piperazine rings is 1. The second-order valence-electron chi connectivity index (χ2n) is 10.9. The number of aromatic nitrogens is 1. The lowest BCUT2D eigenvalue weighted by Gasteiger charge is -2.36. The number of amides is 2. The fraction of sp³-hybridized carbons (Fsp3) is 0.536. The molecule has 0 unspecified atom stereocenters. The fourth-order valence-electron chi connectivity index (χ4n) is 4.98. The van der Waals surface area contributed by atoms with Gasteiger partial charge in [0.2, 0.25) is 0 Å². The molecule has 2 aromatic rings. The maximum Gasteiger partial charge on any atom is 0.407 e. The number of hydrogen-bond acceptors (Lipinski definition) is 7. The van der Waals surface area contributed by atoms with Crippen LogP contribution in [-0.2, 0) is 4.74 Å². The number of halogens is 1. The number of piperidine rings is 1. The normalized spacial score (nSPS) is 18.8. The number of β-amino-alcohol motifs (C(OH)–C–C–N with tert-alkyl or cyclic N) is 1. The van der Waals surface area contributed by atoms with Gasteiger partial charge in [-0.1, -0.05) is 23.7 Å². The number of pyridine rings is 1. The minimum absolute atomic E-state index is 0.0155. The van der Waals surface area contributed by atoms with Gasteiger partial charge >= 0.3 is 6.09 Å². The highest BCUT2D eigenvalue weighted by Crippen LogP contribution is 2.34. The third-order valence-electron chi connectivity index (χ3n) is 6.85. The molecule has 3 heterocycles. The van der Waals surface area contributed by atoms with Crippen molar-refractivity contribution >= 4 is 29.3 Å². The summed E-state index contributed by atoms with van der Waals surface area (Å²) in [5, 5.41) is 12.5. The Morgan fingerprint density at radius 2 is 1.84 bits per heavy atom. The lowest BCUT2D eigenvalue weighted by molar-refractivity contribution is 0.0499. The monoisotopic (exact) mass is 543 g/mol. The highest BCUT2D eigenvalue weighted by molar-refractivity contribution is 6.29. The highest BCUT2D eigenvalue weighted by atomic mass is 35.5. The third kappa shape index (κ3) is 7.36. The molecule has 10 heteroatoms. The van der Waals surface area contributed by atoms with Crippen LogP contribution in [0.5, 0.6) is 0 Å². The minimum Gasteiger partial charge on any atom is -0.444 e. The molecule has 2 aliphatic heterocycles. The number of carbonyl (C=O) groups excluding carboxylic acids is 2. The van der Waals surface area contributed by atoms with E-state index in [1.807, 2.05) is 56.0 Å². The van der Waals surface area contributed by atoms with Crippen molar-refractivity contribution in [2.45, 2.75) is 45.3 Å². The maximum atomic E-state index is 13.1. The van der Waals surface area contributed by atoms with Gasteiger partial charge in [-0.15, -0.1) is 0 Å². The molecule has 38 heavy (non-hydrogen) atoms. The first-order valence-electron chi connectivity index (χ1n) is 13.3. The summed E-state index contributed by atoms with van der Waals surface area (Å²) in [6.45, 7) is 10.6. The molecule has 0 radical (unpaired) electrons. The zero-order valence-electron chi connectivity index (χ0n) is 22.5. The summed E-state index contributed by atoms with van der Waals surface area (Å²) >= 11 is 6.30. The summed E-state index contributed by atoms with van der Waals surface area (Å²) in [6, 6.07) is 9.43. The fourth-order valence-corrected chi connectivity index (χ4v) is 5.14. The van der Waals surface area contributed by atoms with Crippen LogP contribution in [0.25, 0.3) is 11.1 Å². The molecule has 2 fully saturated rings. The second kappa shape index (κ2) is 12.3. The van der Waals surface area contributed by atoms with E-state index < -0.39 is 11.7 Å². The number of carbonyl (C=O) groups is 2. The van der Waals surface area contributed by atoms with Crippen LogP contribution in [0.4, 0.5) is 10.5 Å². The number of rotatable bonds is 6. The summed E-state index contributed by atoms with van der Waals surface area (Å²) < 4.78 is 5.44. The Bertz CT molecular complexity index is 1110. The molecule has 2 aliphatic rings. The number of benzene rings is 1. The lowest BCUT2D eigenvalue weighted by atomic mass is 10.00. The Morgan fingerprint density at radius 1 is 1.13 bits per heavy atom. The van der Waals surface area contributed by atoms with E-state index >= 15 is 0 Å². The van der Waals surface area contributed by atoms with Crippen molar-refractivity contribution < 1.29 is 19.4 Å². The Labute approximate surface area is 229 Å². The van der Waals surface area contributed by atoms with Gasteiger partial charge in [-0.2, -0.15) is 0 Å². The zero-order valence-corrected chi connectivity index (χ0v) is 23.2. The largest absolute Gasteiger partial charge is 0.444 e. The summed E-state index contributed by atoms with van der Waals surface area (Å²) in [7, 11) is 0. The zero-order chi connectivity index (χ0) is 27.3. The molecule has 206 valence electrons. The molecule has 2 N–H and O–H groups in total. The van der Waals surface area contributed by atoms with Gasteiger partial charge in [0.15, 0.2) is 0 Å². The molecule has 0 spiro atoms. The van der Waals surface area contributed by atoms with Crippen molar-refractivity contribution in [2.24, 2.45) is 0 Å². The minimum atomic E-state index is -0.550. The maximum absolute atomic E-state index is 13.1. The van der Waals surface area contributed by atoms with Gasteiger partial charge < -0.3 is 25.0 Å². The van der Waals surface area contributed by atoms with E-state index in [9.17, 15) is 9.59 Å². The average Bonchev–Trinajstić information content (AvgIpc) is 2.88. The number of nitrogens with one attached hydrogen (secondary N) is 1. The highest BCUT2D eigenvalue weighted by Gasteiger charge is 2.26. The van der Waals surface area contributed by atoms with Gasteiger partial charge in [-0.05, 0) is 57.4 Å². The topological polar surface area (TPSA) is 98.2 Å². The van der Waals surface area contributed by atoms with Crippen molar-refractivity contribution in [3.05, 3.63) is 47.2 Å². The van der Waals surface area contributed by atoms with E-state index in [-0.39, 0.29) is 18.6 Å². The SMILES string of the molecule is CC(C)(C)OC(=O)N[C@H]1CCCN(c2cc(Cl)ncc2-c2ccc(C(=O)N3CCN(CCO)CC3)cc2)C1. The van der Waals surface area contributed by atoms with E-state index in [4.69, 9.17) is 21.4 Å². The summed E-state index contributed by atoms with van der Waals surface area (Å²) in [6.07, 6.45) is 3.14. The van der Waals surface area contributed by atoms with E-state index in [1.165, 1.54) is 0 Å². The van der Waals surface area contributed by atoms with E-state index in [1.54, 1.807) is 6.20 Å².